The lowest BCUT2D eigenvalue weighted by Crippen LogP contribution is -2.36. The third-order valence-electron chi connectivity index (χ3n) is 3.42. The molecule has 2 rings (SSSR count). The summed E-state index contributed by atoms with van der Waals surface area (Å²) in [4.78, 5) is 22.7. The Labute approximate surface area is 112 Å². The van der Waals surface area contributed by atoms with Crippen molar-refractivity contribution in [2.45, 2.75) is 63.6 Å². The Kier molecular flexibility index (Phi) is 4.90. The standard InChI is InChI=1S/C13H20O6/c1-2-3-4-5-6-9-17-7-8(18-9)12-10(14)11(15)13(16)19-12/h8-9,11-12,15H,2-7H2,1H3/t8-,9-,11?,12-/m1/s1. The first-order valence-electron chi connectivity index (χ1n) is 6.83. The number of unbranched alkanes of at least 4 members (excludes halogenated alkanes) is 3. The zero-order chi connectivity index (χ0) is 13.8. The van der Waals surface area contributed by atoms with Crippen LogP contribution in [0.15, 0.2) is 0 Å². The molecule has 0 saturated carbocycles. The second-order valence-corrected chi connectivity index (χ2v) is 4.95. The first-order chi connectivity index (χ1) is 9.13. The molecule has 2 fully saturated rings. The topological polar surface area (TPSA) is 82.1 Å². The van der Waals surface area contributed by atoms with E-state index in [1.54, 1.807) is 0 Å². The molecule has 1 unspecified atom stereocenters. The van der Waals surface area contributed by atoms with Crippen LogP contribution in [-0.2, 0) is 23.8 Å². The van der Waals surface area contributed by atoms with E-state index in [0.717, 1.165) is 19.3 Å². The molecule has 2 saturated heterocycles. The molecule has 0 bridgehead atoms. The molecule has 0 aliphatic carbocycles. The molecule has 4 atom stereocenters. The van der Waals surface area contributed by atoms with Gasteiger partial charge in [0.05, 0.1) is 6.61 Å². The van der Waals surface area contributed by atoms with E-state index in [0.29, 0.717) is 0 Å². The summed E-state index contributed by atoms with van der Waals surface area (Å²) in [6.07, 6.45) is 1.62. The minimum Gasteiger partial charge on any atom is -0.449 e. The van der Waals surface area contributed by atoms with E-state index >= 15 is 0 Å². The minimum atomic E-state index is -1.67. The molecule has 6 heteroatoms. The number of carbonyl (C=O) groups excluding carboxylic acids is 2. The Balaban J connectivity index is 1.76. The molecule has 2 aliphatic heterocycles. The molecule has 0 aromatic rings. The van der Waals surface area contributed by atoms with Gasteiger partial charge in [0.2, 0.25) is 11.9 Å². The Hall–Kier alpha value is -0.980. The maximum absolute atomic E-state index is 11.6. The van der Waals surface area contributed by atoms with E-state index in [1.807, 2.05) is 0 Å². The van der Waals surface area contributed by atoms with Crippen LogP contribution in [0, 0.1) is 0 Å². The molecular weight excluding hydrogens is 252 g/mol. The Morgan fingerprint density at radius 1 is 1.26 bits per heavy atom. The molecule has 19 heavy (non-hydrogen) atoms. The SMILES string of the molecule is CCCCCC[C@@H]1OC[C@H]([C@H]2OC(=O)C(O)C2=O)O1. The van der Waals surface area contributed by atoms with Crippen molar-refractivity contribution in [3.63, 3.8) is 0 Å². The van der Waals surface area contributed by atoms with E-state index in [2.05, 4.69) is 6.92 Å². The van der Waals surface area contributed by atoms with Crippen LogP contribution in [0.3, 0.4) is 0 Å². The van der Waals surface area contributed by atoms with E-state index in [-0.39, 0.29) is 12.9 Å². The monoisotopic (exact) mass is 272 g/mol. The van der Waals surface area contributed by atoms with Crippen molar-refractivity contribution in [1.29, 1.82) is 0 Å². The number of esters is 1. The lowest BCUT2D eigenvalue weighted by molar-refractivity contribution is -0.152. The van der Waals surface area contributed by atoms with Gasteiger partial charge in [0.25, 0.3) is 0 Å². The highest BCUT2D eigenvalue weighted by Gasteiger charge is 2.49. The highest BCUT2D eigenvalue weighted by Crippen LogP contribution is 2.25. The van der Waals surface area contributed by atoms with Crippen LogP contribution in [0.1, 0.15) is 39.0 Å². The summed E-state index contributed by atoms with van der Waals surface area (Å²) in [5.41, 5.74) is 0. The number of aliphatic hydroxyl groups excluding tert-OH is 1. The van der Waals surface area contributed by atoms with Gasteiger partial charge < -0.3 is 19.3 Å². The summed E-state index contributed by atoms with van der Waals surface area (Å²) >= 11 is 0. The van der Waals surface area contributed by atoms with Gasteiger partial charge in [0.15, 0.2) is 12.4 Å². The number of hydrogen-bond acceptors (Lipinski definition) is 6. The van der Waals surface area contributed by atoms with Gasteiger partial charge in [0, 0.05) is 0 Å². The lowest BCUT2D eigenvalue weighted by Gasteiger charge is -2.15. The lowest BCUT2D eigenvalue weighted by atomic mass is 10.1. The number of Topliss-reactive ketones (excluding diaryl/α,β-unsaturated/α-hetero) is 1. The van der Waals surface area contributed by atoms with Crippen LogP contribution < -0.4 is 0 Å². The number of hydrogen-bond donors (Lipinski definition) is 1. The van der Waals surface area contributed by atoms with Crippen LogP contribution in [0.4, 0.5) is 0 Å². The van der Waals surface area contributed by atoms with Gasteiger partial charge in [-0.15, -0.1) is 0 Å². The molecule has 0 aromatic carbocycles. The first-order valence-corrected chi connectivity index (χ1v) is 6.83. The van der Waals surface area contributed by atoms with Gasteiger partial charge in [0.1, 0.15) is 6.10 Å². The van der Waals surface area contributed by atoms with E-state index < -0.39 is 30.1 Å². The molecule has 0 spiro atoms. The van der Waals surface area contributed by atoms with Gasteiger partial charge in [-0.3, -0.25) is 4.79 Å². The second-order valence-electron chi connectivity index (χ2n) is 4.95. The molecule has 0 aromatic heterocycles. The number of aliphatic hydroxyl groups is 1. The van der Waals surface area contributed by atoms with Gasteiger partial charge in [-0.05, 0) is 12.8 Å². The summed E-state index contributed by atoms with van der Waals surface area (Å²) in [6.45, 7) is 2.36. The van der Waals surface area contributed by atoms with Crippen molar-refractivity contribution in [1.82, 2.24) is 0 Å². The smallest absolute Gasteiger partial charge is 0.343 e. The van der Waals surface area contributed by atoms with E-state index in [9.17, 15) is 14.7 Å². The maximum atomic E-state index is 11.6. The van der Waals surface area contributed by atoms with Crippen molar-refractivity contribution < 1.29 is 28.9 Å². The average molecular weight is 272 g/mol. The fourth-order valence-electron chi connectivity index (χ4n) is 2.30. The summed E-state index contributed by atoms with van der Waals surface area (Å²) in [5.74, 6) is -1.53. The Bertz CT molecular complexity index is 342. The third kappa shape index (κ3) is 3.32. The van der Waals surface area contributed by atoms with Crippen molar-refractivity contribution >= 4 is 11.8 Å². The second kappa shape index (κ2) is 6.45. The Morgan fingerprint density at radius 2 is 2.05 bits per heavy atom. The predicted octanol–water partition coefficient (Wildman–Crippen LogP) is 0.554. The largest absolute Gasteiger partial charge is 0.449 e. The summed E-state index contributed by atoms with van der Waals surface area (Å²) in [6, 6.07) is 0. The molecule has 6 nitrogen and oxygen atoms in total. The molecule has 0 radical (unpaired) electrons. The number of carbonyl (C=O) groups is 2. The van der Waals surface area contributed by atoms with Gasteiger partial charge in [-0.1, -0.05) is 26.2 Å². The fraction of sp³-hybridized carbons (Fsp3) is 0.846. The zero-order valence-electron chi connectivity index (χ0n) is 11.0. The van der Waals surface area contributed by atoms with Crippen LogP contribution >= 0.6 is 0 Å². The van der Waals surface area contributed by atoms with Crippen LogP contribution in [-0.4, -0.2) is 48.1 Å². The first kappa shape index (κ1) is 14.4. The summed E-state index contributed by atoms with van der Waals surface area (Å²) < 4.78 is 15.8. The number of rotatable bonds is 6. The van der Waals surface area contributed by atoms with Crippen LogP contribution in [0.2, 0.25) is 0 Å². The van der Waals surface area contributed by atoms with Gasteiger partial charge in [-0.2, -0.15) is 0 Å². The highest BCUT2D eigenvalue weighted by atomic mass is 16.7. The van der Waals surface area contributed by atoms with Crippen molar-refractivity contribution in [2.24, 2.45) is 0 Å². The van der Waals surface area contributed by atoms with Gasteiger partial charge >= 0.3 is 5.97 Å². The number of cyclic esters (lactones) is 1. The highest BCUT2D eigenvalue weighted by molar-refractivity contribution is 6.09. The van der Waals surface area contributed by atoms with Crippen LogP contribution in [0.25, 0.3) is 0 Å². The quantitative estimate of drug-likeness (QED) is 0.432. The normalized spacial score (nSPS) is 34.8. The van der Waals surface area contributed by atoms with Gasteiger partial charge in [-0.25, -0.2) is 4.79 Å². The Morgan fingerprint density at radius 3 is 2.68 bits per heavy atom. The molecule has 108 valence electrons. The average Bonchev–Trinajstić information content (AvgIpc) is 2.96. The predicted molar refractivity (Wildman–Crippen MR) is 64.3 cm³/mol. The number of ketones is 1. The maximum Gasteiger partial charge on any atom is 0.343 e. The summed E-state index contributed by atoms with van der Waals surface area (Å²) in [7, 11) is 0. The molecule has 2 heterocycles. The molecule has 2 aliphatic rings. The van der Waals surface area contributed by atoms with Crippen molar-refractivity contribution in [3.8, 4) is 0 Å². The van der Waals surface area contributed by atoms with Crippen molar-refractivity contribution in [2.75, 3.05) is 6.61 Å². The van der Waals surface area contributed by atoms with Crippen LogP contribution in [0.5, 0.6) is 0 Å². The fourth-order valence-corrected chi connectivity index (χ4v) is 2.30. The molecule has 1 N–H and O–H groups in total. The third-order valence-corrected chi connectivity index (χ3v) is 3.42. The van der Waals surface area contributed by atoms with Crippen molar-refractivity contribution in [3.05, 3.63) is 0 Å². The summed E-state index contributed by atoms with van der Waals surface area (Å²) in [5, 5.41) is 9.24. The number of ether oxygens (including phenoxy) is 3. The molecule has 0 amide bonds. The minimum absolute atomic E-state index is 0.217. The molecular formula is C13H20O6. The van der Waals surface area contributed by atoms with E-state index in [1.165, 1.54) is 12.8 Å². The zero-order valence-corrected chi connectivity index (χ0v) is 11.0. The van der Waals surface area contributed by atoms with E-state index in [4.69, 9.17) is 14.2 Å².